The Morgan fingerprint density at radius 2 is 1.88 bits per heavy atom. The quantitative estimate of drug-likeness (QED) is 0.347. The van der Waals surface area contributed by atoms with E-state index >= 15 is 0 Å². The van der Waals surface area contributed by atoms with E-state index in [4.69, 9.17) is 9.47 Å². The fourth-order valence-electron chi connectivity index (χ4n) is 2.84. The van der Waals surface area contributed by atoms with Crippen LogP contribution < -0.4 is 20.2 Å². The number of anilines is 1. The molecule has 0 spiro atoms. The van der Waals surface area contributed by atoms with Crippen LogP contribution >= 0.6 is 15.9 Å². The van der Waals surface area contributed by atoms with E-state index in [2.05, 4.69) is 31.8 Å². The van der Waals surface area contributed by atoms with Gasteiger partial charge in [0.2, 0.25) is 11.8 Å². The summed E-state index contributed by atoms with van der Waals surface area (Å²) in [6.07, 6.45) is 1.61. The SMILES string of the molecule is CCOc1cc(C=NNC(=O)CCC(=O)Nc2cccc(C)c2C)cc(Br)c1OC(C)C. The van der Waals surface area contributed by atoms with Crippen LogP contribution in [0.3, 0.4) is 0 Å². The minimum atomic E-state index is -0.346. The number of carbonyl (C=O) groups is 2. The third-order valence-electron chi connectivity index (χ3n) is 4.55. The van der Waals surface area contributed by atoms with Crippen molar-refractivity contribution in [2.75, 3.05) is 11.9 Å². The first kappa shape index (κ1) is 25.4. The Morgan fingerprint density at radius 3 is 2.56 bits per heavy atom. The van der Waals surface area contributed by atoms with Gasteiger partial charge >= 0.3 is 0 Å². The predicted molar refractivity (Wildman–Crippen MR) is 131 cm³/mol. The number of nitrogens with one attached hydrogen (secondary N) is 2. The minimum absolute atomic E-state index is 0.00339. The number of hydrogen-bond donors (Lipinski definition) is 2. The third kappa shape index (κ3) is 7.67. The Kier molecular flexibility index (Phi) is 9.71. The molecule has 0 atom stereocenters. The van der Waals surface area contributed by atoms with Crippen molar-refractivity contribution in [1.29, 1.82) is 0 Å². The Hall–Kier alpha value is -2.87. The third-order valence-corrected chi connectivity index (χ3v) is 5.14. The second-order valence-electron chi connectivity index (χ2n) is 7.52. The van der Waals surface area contributed by atoms with Crippen molar-refractivity contribution in [3.05, 3.63) is 51.5 Å². The maximum Gasteiger partial charge on any atom is 0.240 e. The van der Waals surface area contributed by atoms with Gasteiger partial charge in [0.05, 0.1) is 23.4 Å². The number of ether oxygens (including phenoxy) is 2. The van der Waals surface area contributed by atoms with Crippen molar-refractivity contribution in [3.63, 3.8) is 0 Å². The second kappa shape index (κ2) is 12.2. The van der Waals surface area contributed by atoms with Crippen LogP contribution in [0.1, 0.15) is 50.3 Å². The Labute approximate surface area is 197 Å². The maximum atomic E-state index is 12.2. The Morgan fingerprint density at radius 1 is 1.16 bits per heavy atom. The number of benzene rings is 2. The highest BCUT2D eigenvalue weighted by molar-refractivity contribution is 9.10. The van der Waals surface area contributed by atoms with E-state index in [0.29, 0.717) is 18.1 Å². The smallest absolute Gasteiger partial charge is 0.240 e. The van der Waals surface area contributed by atoms with Crippen LogP contribution in [0.4, 0.5) is 5.69 Å². The summed E-state index contributed by atoms with van der Waals surface area (Å²) in [6, 6.07) is 9.33. The number of aryl methyl sites for hydroxylation is 1. The molecule has 172 valence electrons. The zero-order valence-electron chi connectivity index (χ0n) is 19.1. The normalized spacial score (nSPS) is 11.0. The molecule has 0 bridgehead atoms. The van der Waals surface area contributed by atoms with E-state index in [9.17, 15) is 9.59 Å². The van der Waals surface area contributed by atoms with Crippen LogP contribution in [0.25, 0.3) is 0 Å². The van der Waals surface area contributed by atoms with Crippen LogP contribution in [-0.2, 0) is 9.59 Å². The number of hydrogen-bond acceptors (Lipinski definition) is 5. The highest BCUT2D eigenvalue weighted by atomic mass is 79.9. The fraction of sp³-hybridized carbons (Fsp3) is 0.375. The molecule has 7 nitrogen and oxygen atoms in total. The van der Waals surface area contributed by atoms with Gasteiger partial charge in [-0.1, -0.05) is 12.1 Å². The highest BCUT2D eigenvalue weighted by Gasteiger charge is 2.13. The molecule has 0 saturated carbocycles. The zero-order valence-corrected chi connectivity index (χ0v) is 20.7. The molecular formula is C24H30BrN3O4. The van der Waals surface area contributed by atoms with E-state index in [-0.39, 0.29) is 30.8 Å². The van der Waals surface area contributed by atoms with Gasteiger partial charge in [-0.05, 0) is 85.4 Å². The van der Waals surface area contributed by atoms with Crippen LogP contribution in [0, 0.1) is 13.8 Å². The molecule has 0 aliphatic rings. The van der Waals surface area contributed by atoms with Crippen molar-refractivity contribution in [3.8, 4) is 11.5 Å². The average Bonchev–Trinajstić information content (AvgIpc) is 2.72. The summed E-state index contributed by atoms with van der Waals surface area (Å²) >= 11 is 3.50. The van der Waals surface area contributed by atoms with Crippen LogP contribution in [-0.4, -0.2) is 30.7 Å². The van der Waals surface area contributed by atoms with Crippen LogP contribution in [0.5, 0.6) is 11.5 Å². The lowest BCUT2D eigenvalue weighted by Crippen LogP contribution is -2.21. The van der Waals surface area contributed by atoms with Crippen molar-refractivity contribution < 1.29 is 19.1 Å². The Balaban J connectivity index is 1.91. The van der Waals surface area contributed by atoms with Crippen molar-refractivity contribution in [1.82, 2.24) is 5.43 Å². The lowest BCUT2D eigenvalue weighted by molar-refractivity contribution is -0.124. The molecule has 0 heterocycles. The van der Waals surface area contributed by atoms with Crippen LogP contribution in [0.2, 0.25) is 0 Å². The van der Waals surface area contributed by atoms with Gasteiger partial charge in [0.15, 0.2) is 11.5 Å². The van der Waals surface area contributed by atoms with Gasteiger partial charge in [0, 0.05) is 18.5 Å². The summed E-state index contributed by atoms with van der Waals surface area (Å²) in [5, 5.41) is 6.83. The van der Waals surface area contributed by atoms with Crippen molar-refractivity contribution >= 4 is 39.6 Å². The van der Waals surface area contributed by atoms with Gasteiger partial charge in [-0.25, -0.2) is 5.43 Å². The van der Waals surface area contributed by atoms with Gasteiger partial charge in [-0.15, -0.1) is 0 Å². The van der Waals surface area contributed by atoms with Gasteiger partial charge in [0.1, 0.15) is 0 Å². The first-order chi connectivity index (χ1) is 15.2. The molecule has 0 aliphatic heterocycles. The van der Waals surface area contributed by atoms with Gasteiger partial charge in [-0.2, -0.15) is 5.10 Å². The molecule has 2 N–H and O–H groups in total. The monoisotopic (exact) mass is 503 g/mol. The average molecular weight is 504 g/mol. The number of carbonyl (C=O) groups excluding carboxylic acids is 2. The second-order valence-corrected chi connectivity index (χ2v) is 8.37. The first-order valence-electron chi connectivity index (χ1n) is 10.5. The maximum absolute atomic E-state index is 12.2. The molecule has 2 rings (SSSR count). The molecule has 2 aromatic carbocycles. The molecule has 0 radical (unpaired) electrons. The summed E-state index contributed by atoms with van der Waals surface area (Å²) in [4.78, 5) is 24.2. The van der Waals surface area contributed by atoms with E-state index in [0.717, 1.165) is 26.9 Å². The molecule has 2 amide bonds. The number of nitrogens with zero attached hydrogens (tertiary/aromatic N) is 1. The summed E-state index contributed by atoms with van der Waals surface area (Å²) in [6.45, 7) is 10.2. The molecule has 32 heavy (non-hydrogen) atoms. The Bertz CT molecular complexity index is 989. The standard InChI is InChI=1S/C24H30BrN3O4/c1-6-31-21-13-18(12-19(25)24(21)32-15(2)3)14-26-28-23(30)11-10-22(29)27-20-9-7-8-16(4)17(20)5/h7-9,12-15H,6,10-11H2,1-5H3,(H,27,29)(H,28,30). The molecule has 0 aliphatic carbocycles. The number of amides is 2. The summed E-state index contributed by atoms with van der Waals surface area (Å²) < 4.78 is 12.2. The van der Waals surface area contributed by atoms with E-state index in [1.165, 1.54) is 6.21 Å². The largest absolute Gasteiger partial charge is 0.490 e. The molecule has 0 unspecified atom stereocenters. The summed E-state index contributed by atoms with van der Waals surface area (Å²) in [5.74, 6) is 0.648. The summed E-state index contributed by atoms with van der Waals surface area (Å²) in [5.41, 5.74) is 6.04. The van der Waals surface area contributed by atoms with Crippen molar-refractivity contribution in [2.24, 2.45) is 5.10 Å². The lowest BCUT2D eigenvalue weighted by atomic mass is 10.1. The minimum Gasteiger partial charge on any atom is -0.490 e. The molecule has 2 aromatic rings. The van der Waals surface area contributed by atoms with Gasteiger partial charge in [0.25, 0.3) is 0 Å². The van der Waals surface area contributed by atoms with E-state index < -0.39 is 0 Å². The molecular weight excluding hydrogens is 474 g/mol. The first-order valence-corrected chi connectivity index (χ1v) is 11.3. The predicted octanol–water partition coefficient (Wildman–Crippen LogP) is 5.12. The zero-order chi connectivity index (χ0) is 23.7. The van der Waals surface area contributed by atoms with Crippen molar-refractivity contribution in [2.45, 2.75) is 53.6 Å². The number of rotatable bonds is 10. The number of halogens is 1. The number of hydrazone groups is 1. The topological polar surface area (TPSA) is 89.0 Å². The van der Waals surface area contributed by atoms with E-state index in [1.54, 1.807) is 6.07 Å². The highest BCUT2D eigenvalue weighted by Crippen LogP contribution is 2.37. The molecule has 8 heteroatoms. The van der Waals surface area contributed by atoms with Crippen LogP contribution in [0.15, 0.2) is 39.9 Å². The fourth-order valence-corrected chi connectivity index (χ4v) is 3.39. The summed E-state index contributed by atoms with van der Waals surface area (Å²) in [7, 11) is 0. The van der Waals surface area contributed by atoms with Gasteiger partial charge < -0.3 is 14.8 Å². The van der Waals surface area contributed by atoms with Gasteiger partial charge in [-0.3, -0.25) is 9.59 Å². The lowest BCUT2D eigenvalue weighted by Gasteiger charge is -2.16. The van der Waals surface area contributed by atoms with E-state index in [1.807, 2.05) is 58.9 Å². The molecule has 0 saturated heterocycles. The molecule has 0 aromatic heterocycles. The molecule has 0 fully saturated rings.